The Morgan fingerprint density at radius 1 is 1.42 bits per heavy atom. The van der Waals surface area contributed by atoms with Crippen molar-refractivity contribution in [2.75, 3.05) is 6.54 Å². The molecule has 0 fully saturated rings. The van der Waals surface area contributed by atoms with Gasteiger partial charge in [0.1, 0.15) is 5.69 Å². The van der Waals surface area contributed by atoms with Crippen LogP contribution < -0.4 is 5.32 Å². The number of nitrogens with one attached hydrogen (secondary N) is 1. The Morgan fingerprint density at radius 2 is 2.35 bits per heavy atom. The fraction of sp³-hybridized carbons (Fsp3) is 0.333. The van der Waals surface area contributed by atoms with Crippen molar-refractivity contribution in [3.05, 3.63) is 53.5 Å². The lowest BCUT2D eigenvalue weighted by Gasteiger charge is -2.24. The second-order valence-electron chi connectivity index (χ2n) is 6.35. The molecule has 2 aromatic heterocycles. The summed E-state index contributed by atoms with van der Waals surface area (Å²) in [7, 11) is 1.88. The summed E-state index contributed by atoms with van der Waals surface area (Å²) in [4.78, 5) is 0. The van der Waals surface area contributed by atoms with E-state index in [0.29, 0.717) is 31.8 Å². The minimum Gasteiger partial charge on any atom is -0.369 e. The maximum absolute atomic E-state index is 8.96. The van der Waals surface area contributed by atoms with E-state index in [-0.39, 0.29) is 6.10 Å². The molecule has 132 valence electrons. The van der Waals surface area contributed by atoms with E-state index in [4.69, 9.17) is 10.00 Å². The Balaban J connectivity index is 1.36. The van der Waals surface area contributed by atoms with Crippen LogP contribution in [0.25, 0.3) is 11.3 Å². The minimum absolute atomic E-state index is 0.0325. The number of rotatable bonds is 5. The van der Waals surface area contributed by atoms with Gasteiger partial charge in [-0.25, -0.2) is 4.68 Å². The summed E-state index contributed by atoms with van der Waals surface area (Å²) in [5, 5.41) is 25.1. The number of nitrogens with zero attached hydrogens (tertiary/aromatic N) is 6. The van der Waals surface area contributed by atoms with Crippen molar-refractivity contribution in [3.8, 4) is 17.3 Å². The first-order chi connectivity index (χ1) is 12.7. The molecule has 0 saturated carbocycles. The molecule has 3 aromatic rings. The molecule has 3 heterocycles. The van der Waals surface area contributed by atoms with Crippen LogP contribution in [0.3, 0.4) is 0 Å². The van der Waals surface area contributed by atoms with Gasteiger partial charge in [0, 0.05) is 31.9 Å². The summed E-state index contributed by atoms with van der Waals surface area (Å²) in [5.74, 6) is 0. The highest BCUT2D eigenvalue weighted by molar-refractivity contribution is 5.59. The second kappa shape index (κ2) is 7.07. The SMILES string of the molecule is Cn1cc(-c2nnn3c2CO[C@H](CNCc2cccc(C#N)c2)C3)cn1. The molecule has 1 N–H and O–H groups in total. The van der Waals surface area contributed by atoms with Gasteiger partial charge in [-0.05, 0) is 17.7 Å². The van der Waals surface area contributed by atoms with Crippen molar-refractivity contribution in [1.29, 1.82) is 5.26 Å². The normalized spacial score (nSPS) is 16.2. The third kappa shape index (κ3) is 3.35. The van der Waals surface area contributed by atoms with Crippen LogP contribution >= 0.6 is 0 Å². The highest BCUT2D eigenvalue weighted by Gasteiger charge is 2.24. The molecule has 1 atom stereocenters. The van der Waals surface area contributed by atoms with E-state index in [1.54, 1.807) is 16.9 Å². The number of benzene rings is 1. The van der Waals surface area contributed by atoms with Gasteiger partial charge < -0.3 is 10.1 Å². The van der Waals surface area contributed by atoms with Crippen LogP contribution in [0, 0.1) is 11.3 Å². The van der Waals surface area contributed by atoms with Crippen LogP contribution in [0.2, 0.25) is 0 Å². The molecule has 0 radical (unpaired) electrons. The fourth-order valence-electron chi connectivity index (χ4n) is 3.08. The summed E-state index contributed by atoms with van der Waals surface area (Å²) in [5.41, 5.74) is 4.52. The molecule has 4 rings (SSSR count). The summed E-state index contributed by atoms with van der Waals surface area (Å²) in [6.45, 7) is 2.54. The number of aromatic nitrogens is 5. The lowest BCUT2D eigenvalue weighted by atomic mass is 10.1. The molecule has 0 bridgehead atoms. The molecule has 26 heavy (non-hydrogen) atoms. The summed E-state index contributed by atoms with van der Waals surface area (Å²) < 4.78 is 9.63. The number of aryl methyl sites for hydroxylation is 1. The molecule has 1 aromatic carbocycles. The topological polar surface area (TPSA) is 93.6 Å². The largest absolute Gasteiger partial charge is 0.369 e. The molecule has 8 heteroatoms. The molecule has 1 aliphatic rings. The van der Waals surface area contributed by atoms with Crippen molar-refractivity contribution < 1.29 is 4.74 Å². The van der Waals surface area contributed by atoms with Crippen molar-refractivity contribution in [2.45, 2.75) is 25.8 Å². The van der Waals surface area contributed by atoms with E-state index in [1.165, 1.54) is 0 Å². The number of ether oxygens (including phenoxy) is 1. The lowest BCUT2D eigenvalue weighted by molar-refractivity contribution is 0.00125. The maximum Gasteiger partial charge on any atom is 0.121 e. The number of fused-ring (bicyclic) bond motifs is 1. The number of hydrogen-bond donors (Lipinski definition) is 1. The zero-order chi connectivity index (χ0) is 17.9. The third-order valence-corrected chi connectivity index (χ3v) is 4.41. The third-order valence-electron chi connectivity index (χ3n) is 4.41. The Labute approximate surface area is 151 Å². The molecular weight excluding hydrogens is 330 g/mol. The first kappa shape index (κ1) is 16.4. The van der Waals surface area contributed by atoms with Crippen molar-refractivity contribution >= 4 is 0 Å². The quantitative estimate of drug-likeness (QED) is 0.745. The Bertz CT molecular complexity index is 953. The first-order valence-corrected chi connectivity index (χ1v) is 8.45. The number of hydrogen-bond acceptors (Lipinski definition) is 6. The lowest BCUT2D eigenvalue weighted by Crippen LogP contribution is -2.36. The van der Waals surface area contributed by atoms with Gasteiger partial charge in [0.05, 0.1) is 42.8 Å². The predicted molar refractivity (Wildman–Crippen MR) is 93.7 cm³/mol. The zero-order valence-corrected chi connectivity index (χ0v) is 14.5. The van der Waals surface area contributed by atoms with E-state index in [0.717, 1.165) is 22.5 Å². The Kier molecular flexibility index (Phi) is 4.48. The van der Waals surface area contributed by atoms with E-state index >= 15 is 0 Å². The highest BCUT2D eigenvalue weighted by Crippen LogP contribution is 2.24. The maximum atomic E-state index is 8.96. The van der Waals surface area contributed by atoms with Crippen LogP contribution in [-0.2, 0) is 31.5 Å². The van der Waals surface area contributed by atoms with Gasteiger partial charge >= 0.3 is 0 Å². The monoisotopic (exact) mass is 349 g/mol. The van der Waals surface area contributed by atoms with E-state index < -0.39 is 0 Å². The van der Waals surface area contributed by atoms with E-state index in [9.17, 15) is 0 Å². The summed E-state index contributed by atoms with van der Waals surface area (Å²) >= 11 is 0. The number of nitriles is 1. The van der Waals surface area contributed by atoms with Gasteiger partial charge in [0.2, 0.25) is 0 Å². The van der Waals surface area contributed by atoms with Gasteiger partial charge in [-0.2, -0.15) is 10.4 Å². The standard InChI is InChI=1S/C18H19N7O/c1-24-10-15(8-21-24)18-17-12-26-16(11-25(17)23-22-18)9-20-7-14-4-2-3-13(5-14)6-19/h2-5,8,10,16,20H,7,9,11-12H2,1H3/t16-/m1/s1. The van der Waals surface area contributed by atoms with Crippen LogP contribution in [0.5, 0.6) is 0 Å². The molecule has 0 amide bonds. The molecule has 1 aliphatic heterocycles. The van der Waals surface area contributed by atoms with Crippen LogP contribution in [-0.4, -0.2) is 37.4 Å². The highest BCUT2D eigenvalue weighted by atomic mass is 16.5. The van der Waals surface area contributed by atoms with Crippen molar-refractivity contribution in [1.82, 2.24) is 30.1 Å². The van der Waals surface area contributed by atoms with Gasteiger partial charge in [-0.1, -0.05) is 17.3 Å². The minimum atomic E-state index is 0.0325. The van der Waals surface area contributed by atoms with Gasteiger partial charge in [-0.15, -0.1) is 5.10 Å². The molecule has 0 saturated heterocycles. The van der Waals surface area contributed by atoms with Gasteiger partial charge in [0.15, 0.2) is 0 Å². The zero-order valence-electron chi connectivity index (χ0n) is 14.5. The van der Waals surface area contributed by atoms with Gasteiger partial charge in [-0.3, -0.25) is 4.68 Å². The molecule has 8 nitrogen and oxygen atoms in total. The smallest absolute Gasteiger partial charge is 0.121 e. The molecular formula is C18H19N7O. The van der Waals surface area contributed by atoms with E-state index in [1.807, 2.05) is 36.1 Å². The van der Waals surface area contributed by atoms with Crippen molar-refractivity contribution in [2.24, 2.45) is 7.05 Å². The van der Waals surface area contributed by atoms with Gasteiger partial charge in [0.25, 0.3) is 0 Å². The van der Waals surface area contributed by atoms with E-state index in [2.05, 4.69) is 26.8 Å². The molecule has 0 aliphatic carbocycles. The predicted octanol–water partition coefficient (Wildman–Crippen LogP) is 1.24. The first-order valence-electron chi connectivity index (χ1n) is 8.45. The van der Waals surface area contributed by atoms with Crippen LogP contribution in [0.15, 0.2) is 36.7 Å². The van der Waals surface area contributed by atoms with Crippen LogP contribution in [0.4, 0.5) is 0 Å². The Morgan fingerprint density at radius 3 is 3.15 bits per heavy atom. The summed E-state index contributed by atoms with van der Waals surface area (Å²) in [6, 6.07) is 9.76. The average Bonchev–Trinajstić information content (AvgIpc) is 3.27. The molecule has 0 unspecified atom stereocenters. The van der Waals surface area contributed by atoms with Crippen molar-refractivity contribution in [3.63, 3.8) is 0 Å². The fourth-order valence-corrected chi connectivity index (χ4v) is 3.08. The Hall–Kier alpha value is -3.02. The molecule has 0 spiro atoms. The summed E-state index contributed by atoms with van der Waals surface area (Å²) in [6.07, 6.45) is 3.74. The van der Waals surface area contributed by atoms with Crippen LogP contribution in [0.1, 0.15) is 16.8 Å². The average molecular weight is 349 g/mol. The second-order valence-corrected chi connectivity index (χ2v) is 6.35.